The molecule has 1 N–H and O–H groups in total. The summed E-state index contributed by atoms with van der Waals surface area (Å²) in [7, 11) is 0. The van der Waals surface area contributed by atoms with E-state index < -0.39 is 5.92 Å². The van der Waals surface area contributed by atoms with E-state index in [2.05, 4.69) is 5.32 Å². The number of hydrogen-bond acceptors (Lipinski definition) is 1. The van der Waals surface area contributed by atoms with Crippen molar-refractivity contribution in [2.24, 2.45) is 5.92 Å². The summed E-state index contributed by atoms with van der Waals surface area (Å²) in [4.78, 5) is 12.1. The van der Waals surface area contributed by atoms with Crippen molar-refractivity contribution in [1.82, 2.24) is 0 Å². The Balaban J connectivity index is 1.90. The van der Waals surface area contributed by atoms with Crippen LogP contribution in [0.2, 0.25) is 0 Å². The van der Waals surface area contributed by atoms with Gasteiger partial charge in [-0.1, -0.05) is 12.1 Å². The van der Waals surface area contributed by atoms with Gasteiger partial charge in [0.25, 0.3) is 0 Å². The zero-order valence-electron chi connectivity index (χ0n) is 11.9. The maximum Gasteiger partial charge on any atom is 0.248 e. The highest BCUT2D eigenvalue weighted by Gasteiger charge is 2.37. The summed E-state index contributed by atoms with van der Waals surface area (Å²) >= 11 is 5.67. The number of carbonyl (C=O) groups excluding carboxylic acids is 1. The number of alkyl halides is 3. The molecule has 0 spiro atoms. The molecule has 2 nitrogen and oxygen atoms in total. The van der Waals surface area contributed by atoms with Gasteiger partial charge in [0, 0.05) is 30.3 Å². The van der Waals surface area contributed by atoms with E-state index in [9.17, 15) is 13.6 Å². The molecule has 0 bridgehead atoms. The van der Waals surface area contributed by atoms with Crippen LogP contribution in [0, 0.1) is 5.92 Å². The van der Waals surface area contributed by atoms with E-state index in [-0.39, 0.29) is 37.5 Å². The van der Waals surface area contributed by atoms with Gasteiger partial charge in [-0.2, -0.15) is 0 Å². The molecule has 0 saturated heterocycles. The third kappa shape index (κ3) is 4.95. The smallest absolute Gasteiger partial charge is 0.248 e. The largest absolute Gasteiger partial charge is 0.326 e. The Bertz CT molecular complexity index is 483. The van der Waals surface area contributed by atoms with Gasteiger partial charge in [-0.25, -0.2) is 8.78 Å². The molecule has 0 aliphatic heterocycles. The van der Waals surface area contributed by atoms with E-state index in [0.717, 1.165) is 24.1 Å². The summed E-state index contributed by atoms with van der Waals surface area (Å²) in [5.41, 5.74) is 1.84. The predicted octanol–water partition coefficient (Wildman–Crippen LogP) is 4.62. The number of hydrogen-bond donors (Lipinski definition) is 1. The monoisotopic (exact) mass is 315 g/mol. The van der Waals surface area contributed by atoms with Crippen LogP contribution >= 0.6 is 11.6 Å². The molecule has 1 aliphatic rings. The Labute approximate surface area is 128 Å². The first kappa shape index (κ1) is 16.2. The number of rotatable bonds is 5. The molecule has 2 rings (SSSR count). The van der Waals surface area contributed by atoms with Gasteiger partial charge < -0.3 is 5.32 Å². The van der Waals surface area contributed by atoms with Gasteiger partial charge in [0.1, 0.15) is 0 Å². The number of nitrogens with one attached hydrogen (secondary N) is 1. The van der Waals surface area contributed by atoms with Crippen molar-refractivity contribution in [2.75, 3.05) is 11.2 Å². The molecule has 1 saturated carbocycles. The quantitative estimate of drug-likeness (QED) is 0.789. The van der Waals surface area contributed by atoms with Crippen LogP contribution in [-0.2, 0) is 11.2 Å². The van der Waals surface area contributed by atoms with Crippen molar-refractivity contribution >= 4 is 23.2 Å². The van der Waals surface area contributed by atoms with Gasteiger partial charge in [-0.05, 0) is 43.4 Å². The Kier molecular flexibility index (Phi) is 5.57. The van der Waals surface area contributed by atoms with E-state index in [1.54, 1.807) is 0 Å². The zero-order valence-corrected chi connectivity index (χ0v) is 12.6. The summed E-state index contributed by atoms with van der Waals surface area (Å²) in [6.45, 7) is 0. The first-order valence-electron chi connectivity index (χ1n) is 7.34. The Morgan fingerprint density at radius 1 is 1.33 bits per heavy atom. The van der Waals surface area contributed by atoms with Gasteiger partial charge >= 0.3 is 0 Å². The lowest BCUT2D eigenvalue weighted by Gasteiger charge is -2.27. The van der Waals surface area contributed by atoms with Gasteiger partial charge in [0.15, 0.2) is 0 Å². The minimum absolute atomic E-state index is 0.153. The fraction of sp³-hybridized carbons (Fsp3) is 0.562. The van der Waals surface area contributed by atoms with Crippen LogP contribution in [0.3, 0.4) is 0 Å². The Hall–Kier alpha value is -1.16. The molecule has 1 amide bonds. The lowest BCUT2D eigenvalue weighted by Crippen LogP contribution is -2.31. The first-order chi connectivity index (χ1) is 10.00. The molecule has 1 aliphatic carbocycles. The second kappa shape index (κ2) is 7.21. The standard InChI is InChI=1S/C16H20ClF2NO/c17-10-2-4-12-3-1-5-14(11-12)20-15(21)13-6-8-16(18,19)9-7-13/h1,3,5,11,13H,2,4,6-10H2,(H,20,21). The average Bonchev–Trinajstić information content (AvgIpc) is 2.45. The van der Waals surface area contributed by atoms with Crippen LogP contribution in [0.25, 0.3) is 0 Å². The van der Waals surface area contributed by atoms with Crippen molar-refractivity contribution in [3.8, 4) is 0 Å². The number of aryl methyl sites for hydroxylation is 1. The van der Waals surface area contributed by atoms with Crippen LogP contribution in [0.4, 0.5) is 14.5 Å². The number of anilines is 1. The van der Waals surface area contributed by atoms with Gasteiger partial charge in [0.05, 0.1) is 0 Å². The molecule has 1 aromatic rings. The maximum absolute atomic E-state index is 13.1. The molecule has 0 radical (unpaired) electrons. The predicted molar refractivity (Wildman–Crippen MR) is 81.0 cm³/mol. The second-order valence-electron chi connectivity index (χ2n) is 5.61. The van der Waals surface area contributed by atoms with E-state index in [1.807, 2.05) is 24.3 Å². The van der Waals surface area contributed by atoms with E-state index in [0.29, 0.717) is 5.88 Å². The van der Waals surface area contributed by atoms with Crippen LogP contribution < -0.4 is 5.32 Å². The van der Waals surface area contributed by atoms with Crippen molar-refractivity contribution in [3.05, 3.63) is 29.8 Å². The van der Waals surface area contributed by atoms with E-state index in [4.69, 9.17) is 11.6 Å². The van der Waals surface area contributed by atoms with Crippen molar-refractivity contribution in [3.63, 3.8) is 0 Å². The number of carbonyl (C=O) groups is 1. The summed E-state index contributed by atoms with van der Waals surface area (Å²) in [5, 5.41) is 2.84. The van der Waals surface area contributed by atoms with Crippen LogP contribution in [0.1, 0.15) is 37.7 Å². The van der Waals surface area contributed by atoms with Crippen molar-refractivity contribution < 1.29 is 13.6 Å². The molecule has 0 aromatic heterocycles. The van der Waals surface area contributed by atoms with Crippen molar-refractivity contribution in [1.29, 1.82) is 0 Å². The molecule has 0 heterocycles. The number of benzene rings is 1. The summed E-state index contributed by atoms with van der Waals surface area (Å²) in [5.74, 6) is -2.46. The van der Waals surface area contributed by atoms with E-state index in [1.165, 1.54) is 0 Å². The van der Waals surface area contributed by atoms with Crippen LogP contribution in [-0.4, -0.2) is 17.7 Å². The minimum Gasteiger partial charge on any atom is -0.326 e. The molecule has 116 valence electrons. The number of halogens is 3. The molecule has 21 heavy (non-hydrogen) atoms. The van der Waals surface area contributed by atoms with Crippen molar-refractivity contribution in [2.45, 2.75) is 44.4 Å². The highest BCUT2D eigenvalue weighted by molar-refractivity contribution is 6.17. The average molecular weight is 316 g/mol. The number of amides is 1. The topological polar surface area (TPSA) is 29.1 Å². The fourth-order valence-corrected chi connectivity index (χ4v) is 2.76. The lowest BCUT2D eigenvalue weighted by molar-refractivity contribution is -0.124. The normalized spacial score (nSPS) is 18.4. The second-order valence-corrected chi connectivity index (χ2v) is 5.99. The lowest BCUT2D eigenvalue weighted by atomic mass is 9.86. The van der Waals surface area contributed by atoms with Gasteiger partial charge in [0.2, 0.25) is 11.8 Å². The molecule has 1 aromatic carbocycles. The fourth-order valence-electron chi connectivity index (χ4n) is 2.62. The maximum atomic E-state index is 13.1. The molecule has 0 atom stereocenters. The van der Waals surface area contributed by atoms with Gasteiger partial charge in [-0.15, -0.1) is 11.6 Å². The Morgan fingerprint density at radius 3 is 2.71 bits per heavy atom. The summed E-state index contributed by atoms with van der Waals surface area (Å²) in [6, 6.07) is 7.61. The first-order valence-corrected chi connectivity index (χ1v) is 7.87. The van der Waals surface area contributed by atoms with E-state index >= 15 is 0 Å². The highest BCUT2D eigenvalue weighted by atomic mass is 35.5. The highest BCUT2D eigenvalue weighted by Crippen LogP contribution is 2.36. The molecular weight excluding hydrogens is 296 g/mol. The Morgan fingerprint density at radius 2 is 2.05 bits per heavy atom. The third-order valence-electron chi connectivity index (χ3n) is 3.88. The van der Waals surface area contributed by atoms with Gasteiger partial charge in [-0.3, -0.25) is 4.79 Å². The summed E-state index contributed by atoms with van der Waals surface area (Å²) < 4.78 is 26.2. The zero-order chi connectivity index (χ0) is 15.3. The molecular formula is C16H20ClF2NO. The SMILES string of the molecule is O=C(Nc1cccc(CCCCl)c1)C1CCC(F)(F)CC1. The molecule has 0 unspecified atom stereocenters. The van der Waals surface area contributed by atoms with Crippen LogP contribution in [0.5, 0.6) is 0 Å². The minimum atomic E-state index is -2.60. The molecule has 5 heteroatoms. The van der Waals surface area contributed by atoms with Crippen LogP contribution in [0.15, 0.2) is 24.3 Å². The molecule has 1 fully saturated rings. The summed E-state index contributed by atoms with van der Waals surface area (Å²) in [6.07, 6.45) is 1.87. The third-order valence-corrected chi connectivity index (χ3v) is 4.15.